The van der Waals surface area contributed by atoms with E-state index in [2.05, 4.69) is 20.4 Å². The third-order valence-corrected chi connectivity index (χ3v) is 6.86. The average Bonchev–Trinajstić information content (AvgIpc) is 3.42. The number of nitrogens with one attached hydrogen (secondary N) is 2. The summed E-state index contributed by atoms with van der Waals surface area (Å²) in [6.07, 6.45) is 0. The van der Waals surface area contributed by atoms with Gasteiger partial charge in [-0.1, -0.05) is 29.8 Å². The fourth-order valence-electron chi connectivity index (χ4n) is 4.34. The Bertz CT molecular complexity index is 1420. The van der Waals surface area contributed by atoms with Crippen molar-refractivity contribution in [1.82, 2.24) is 10.2 Å². The SMILES string of the molecule is O=C(NC(=S)Nc1ccc(N2CCN(Cc3ccccc3F)CC2)cc1)c1ccc(-c2ccc(Cl)cc2)o1. The molecule has 5 rings (SSSR count). The number of piperazine rings is 1. The second kappa shape index (κ2) is 11.8. The third kappa shape index (κ3) is 6.39. The summed E-state index contributed by atoms with van der Waals surface area (Å²) in [4.78, 5) is 17.2. The van der Waals surface area contributed by atoms with Gasteiger partial charge in [-0.25, -0.2) is 4.39 Å². The van der Waals surface area contributed by atoms with E-state index < -0.39 is 5.91 Å². The molecule has 1 aromatic heterocycles. The van der Waals surface area contributed by atoms with E-state index in [-0.39, 0.29) is 16.7 Å². The summed E-state index contributed by atoms with van der Waals surface area (Å²) in [5.41, 5.74) is 3.41. The summed E-state index contributed by atoms with van der Waals surface area (Å²) < 4.78 is 19.6. The quantitative estimate of drug-likeness (QED) is 0.280. The van der Waals surface area contributed by atoms with Gasteiger partial charge in [0.1, 0.15) is 11.6 Å². The Balaban J connectivity index is 1.10. The van der Waals surface area contributed by atoms with Gasteiger partial charge >= 0.3 is 0 Å². The molecule has 2 N–H and O–H groups in total. The predicted molar refractivity (Wildman–Crippen MR) is 153 cm³/mol. The van der Waals surface area contributed by atoms with Crippen LogP contribution in [0.5, 0.6) is 0 Å². The molecule has 0 unspecified atom stereocenters. The standard InChI is InChI=1S/C29H26ClFN4O2S/c30-22-7-5-20(6-8-22)26-13-14-27(37-26)28(36)33-29(38)32-23-9-11-24(12-10-23)35-17-15-34(16-18-35)19-21-3-1-2-4-25(21)31/h1-14H,15-19H2,(H2,32,33,36,38). The van der Waals surface area contributed by atoms with Gasteiger partial charge in [0.25, 0.3) is 5.91 Å². The highest BCUT2D eigenvalue weighted by atomic mass is 35.5. The van der Waals surface area contributed by atoms with Crippen LogP contribution in [0.4, 0.5) is 15.8 Å². The largest absolute Gasteiger partial charge is 0.451 e. The first-order chi connectivity index (χ1) is 18.4. The normalized spacial score (nSPS) is 13.8. The smallest absolute Gasteiger partial charge is 0.293 e. The van der Waals surface area contributed by atoms with Crippen LogP contribution in [-0.2, 0) is 6.54 Å². The highest BCUT2D eigenvalue weighted by Crippen LogP contribution is 2.24. The van der Waals surface area contributed by atoms with Crippen molar-refractivity contribution in [3.63, 3.8) is 0 Å². The maximum absolute atomic E-state index is 14.0. The Labute approximate surface area is 231 Å². The number of carbonyl (C=O) groups is 1. The van der Waals surface area contributed by atoms with Gasteiger partial charge in [0.15, 0.2) is 10.9 Å². The van der Waals surface area contributed by atoms with E-state index in [1.807, 2.05) is 48.5 Å². The van der Waals surface area contributed by atoms with E-state index in [0.29, 0.717) is 17.3 Å². The molecule has 1 saturated heterocycles. The van der Waals surface area contributed by atoms with Gasteiger partial charge < -0.3 is 14.6 Å². The Kier molecular flexibility index (Phi) is 8.03. The van der Waals surface area contributed by atoms with Crippen LogP contribution >= 0.6 is 23.8 Å². The van der Waals surface area contributed by atoms with Gasteiger partial charge in [0, 0.05) is 60.2 Å². The van der Waals surface area contributed by atoms with Crippen molar-refractivity contribution >= 4 is 46.2 Å². The van der Waals surface area contributed by atoms with Crippen molar-refractivity contribution in [2.24, 2.45) is 0 Å². The van der Waals surface area contributed by atoms with Gasteiger partial charge in [-0.3, -0.25) is 15.0 Å². The summed E-state index contributed by atoms with van der Waals surface area (Å²) >= 11 is 11.2. The van der Waals surface area contributed by atoms with E-state index in [1.54, 1.807) is 30.3 Å². The molecule has 1 aliphatic heterocycles. The summed E-state index contributed by atoms with van der Waals surface area (Å²) in [7, 11) is 0. The molecule has 0 spiro atoms. The number of benzene rings is 3. The zero-order valence-electron chi connectivity index (χ0n) is 20.5. The van der Waals surface area contributed by atoms with Crippen LogP contribution in [0.15, 0.2) is 89.3 Å². The molecule has 0 saturated carbocycles. The van der Waals surface area contributed by atoms with Crippen molar-refractivity contribution in [3.8, 4) is 11.3 Å². The molecule has 1 amide bonds. The van der Waals surface area contributed by atoms with Gasteiger partial charge in [0.2, 0.25) is 0 Å². The van der Waals surface area contributed by atoms with Crippen LogP contribution in [0.3, 0.4) is 0 Å². The van der Waals surface area contributed by atoms with Gasteiger partial charge in [0.05, 0.1) is 0 Å². The highest BCUT2D eigenvalue weighted by Gasteiger charge is 2.19. The average molecular weight is 549 g/mol. The second-order valence-corrected chi connectivity index (χ2v) is 9.83. The molecule has 2 heterocycles. The van der Waals surface area contributed by atoms with Crippen molar-refractivity contribution < 1.29 is 13.6 Å². The minimum Gasteiger partial charge on any atom is -0.451 e. The first kappa shape index (κ1) is 25.9. The van der Waals surface area contributed by atoms with Crippen LogP contribution in [-0.4, -0.2) is 42.1 Å². The molecule has 194 valence electrons. The Morgan fingerprint density at radius 3 is 2.34 bits per heavy atom. The van der Waals surface area contributed by atoms with Gasteiger partial charge in [-0.05, 0) is 78.9 Å². The van der Waals surface area contributed by atoms with Crippen molar-refractivity contribution in [3.05, 3.63) is 107 Å². The molecule has 9 heteroatoms. The summed E-state index contributed by atoms with van der Waals surface area (Å²) in [6, 6.07) is 25.3. The fourth-order valence-corrected chi connectivity index (χ4v) is 4.68. The van der Waals surface area contributed by atoms with E-state index in [4.69, 9.17) is 28.2 Å². The number of furan rings is 1. The maximum atomic E-state index is 14.0. The Hall–Kier alpha value is -3.72. The molecule has 0 radical (unpaired) electrons. The van der Waals surface area contributed by atoms with Crippen LogP contribution < -0.4 is 15.5 Å². The molecule has 38 heavy (non-hydrogen) atoms. The number of carbonyl (C=O) groups excluding carboxylic acids is 1. The lowest BCUT2D eigenvalue weighted by Crippen LogP contribution is -2.46. The number of hydrogen-bond donors (Lipinski definition) is 2. The van der Waals surface area contributed by atoms with Crippen LogP contribution in [0.2, 0.25) is 5.02 Å². The molecule has 1 fully saturated rings. The van der Waals surface area contributed by atoms with Crippen molar-refractivity contribution in [2.45, 2.75) is 6.54 Å². The number of rotatable bonds is 6. The molecule has 3 aromatic carbocycles. The zero-order valence-corrected chi connectivity index (χ0v) is 22.1. The van der Waals surface area contributed by atoms with Crippen molar-refractivity contribution in [1.29, 1.82) is 0 Å². The number of thiocarbonyl (C=S) groups is 1. The second-order valence-electron chi connectivity index (χ2n) is 8.98. The van der Waals surface area contributed by atoms with Gasteiger partial charge in [-0.15, -0.1) is 0 Å². The minimum atomic E-state index is -0.437. The molecule has 4 aromatic rings. The molecule has 0 atom stereocenters. The zero-order chi connectivity index (χ0) is 26.5. The number of nitrogens with zero attached hydrogens (tertiary/aromatic N) is 2. The summed E-state index contributed by atoms with van der Waals surface area (Å²) in [5.74, 6) is 0.129. The van der Waals surface area contributed by atoms with E-state index in [1.165, 1.54) is 6.07 Å². The first-order valence-electron chi connectivity index (χ1n) is 12.2. The van der Waals surface area contributed by atoms with Crippen molar-refractivity contribution in [2.75, 3.05) is 36.4 Å². The van der Waals surface area contributed by atoms with E-state index in [0.717, 1.165) is 48.7 Å². The lowest BCUT2D eigenvalue weighted by atomic mass is 10.1. The molecule has 6 nitrogen and oxygen atoms in total. The Morgan fingerprint density at radius 1 is 0.921 bits per heavy atom. The lowest BCUT2D eigenvalue weighted by Gasteiger charge is -2.36. The third-order valence-electron chi connectivity index (χ3n) is 6.40. The number of halogens is 2. The number of hydrogen-bond acceptors (Lipinski definition) is 5. The lowest BCUT2D eigenvalue weighted by molar-refractivity contribution is 0.0951. The molecule has 1 aliphatic rings. The molecule has 0 bridgehead atoms. The number of anilines is 2. The fraction of sp³-hybridized carbons (Fsp3) is 0.172. The predicted octanol–water partition coefficient (Wildman–Crippen LogP) is 6.19. The van der Waals surface area contributed by atoms with Crippen LogP contribution in [0, 0.1) is 5.82 Å². The van der Waals surface area contributed by atoms with E-state index >= 15 is 0 Å². The monoisotopic (exact) mass is 548 g/mol. The number of amides is 1. The highest BCUT2D eigenvalue weighted by molar-refractivity contribution is 7.80. The topological polar surface area (TPSA) is 60.8 Å². The van der Waals surface area contributed by atoms with E-state index in [9.17, 15) is 9.18 Å². The maximum Gasteiger partial charge on any atom is 0.293 e. The first-order valence-corrected chi connectivity index (χ1v) is 13.0. The minimum absolute atomic E-state index is 0.154. The molecular weight excluding hydrogens is 523 g/mol. The summed E-state index contributed by atoms with van der Waals surface area (Å²) in [5, 5.41) is 6.49. The molecular formula is C29H26ClFN4O2S. The van der Waals surface area contributed by atoms with Crippen LogP contribution in [0.25, 0.3) is 11.3 Å². The molecule has 0 aliphatic carbocycles. The van der Waals surface area contributed by atoms with Crippen LogP contribution in [0.1, 0.15) is 16.1 Å². The van der Waals surface area contributed by atoms with Gasteiger partial charge in [-0.2, -0.15) is 0 Å². The Morgan fingerprint density at radius 2 is 1.63 bits per heavy atom. The summed E-state index contributed by atoms with van der Waals surface area (Å²) in [6.45, 7) is 4.05.